The van der Waals surface area contributed by atoms with E-state index in [-0.39, 0.29) is 11.5 Å². The predicted octanol–water partition coefficient (Wildman–Crippen LogP) is 1.44. The molecule has 12 heavy (non-hydrogen) atoms. The maximum absolute atomic E-state index is 9.35. The van der Waals surface area contributed by atoms with Crippen molar-refractivity contribution >= 4 is 0 Å². The van der Waals surface area contributed by atoms with Crippen LogP contribution < -0.4 is 5.73 Å². The first-order valence-corrected chi connectivity index (χ1v) is 4.65. The Balaban J connectivity index is 2.63. The highest BCUT2D eigenvalue weighted by Crippen LogP contribution is 2.40. The van der Waals surface area contributed by atoms with Crippen LogP contribution in [0.25, 0.3) is 0 Å². The summed E-state index contributed by atoms with van der Waals surface area (Å²) in [6.07, 6.45) is 3.65. The second kappa shape index (κ2) is 3.58. The molecule has 0 atom stereocenters. The third-order valence-electron chi connectivity index (χ3n) is 3.21. The fourth-order valence-electron chi connectivity index (χ4n) is 1.96. The zero-order chi connectivity index (χ0) is 9.19. The van der Waals surface area contributed by atoms with Crippen molar-refractivity contribution in [3.63, 3.8) is 0 Å². The molecule has 70 valence electrons. The van der Waals surface area contributed by atoms with Crippen LogP contribution in [0.1, 0.15) is 32.6 Å². The first-order valence-electron chi connectivity index (χ1n) is 4.65. The molecule has 0 aromatic heterocycles. The van der Waals surface area contributed by atoms with Gasteiger partial charge in [-0.05, 0) is 32.6 Å². The second-order valence-electron chi connectivity index (χ2n) is 4.00. The molecule has 1 aliphatic carbocycles. The topological polar surface area (TPSA) is 46.2 Å². The Morgan fingerprint density at radius 3 is 2.42 bits per heavy atom. The van der Waals surface area contributed by atoms with E-state index in [2.05, 4.69) is 6.58 Å². The van der Waals surface area contributed by atoms with Gasteiger partial charge in [0.15, 0.2) is 0 Å². The van der Waals surface area contributed by atoms with Gasteiger partial charge in [0.25, 0.3) is 0 Å². The average Bonchev–Trinajstić information content (AvgIpc) is 2.06. The van der Waals surface area contributed by atoms with Gasteiger partial charge in [-0.1, -0.05) is 12.2 Å². The van der Waals surface area contributed by atoms with Gasteiger partial charge < -0.3 is 10.8 Å². The Morgan fingerprint density at radius 2 is 2.08 bits per heavy atom. The van der Waals surface area contributed by atoms with Crippen LogP contribution in [0.15, 0.2) is 12.2 Å². The van der Waals surface area contributed by atoms with E-state index < -0.39 is 0 Å². The SMILES string of the molecule is C=C(C)C1(CN)CCC(O)CC1. The molecule has 0 unspecified atom stereocenters. The standard InChI is InChI=1S/C10H19NO/c1-8(2)10(7-11)5-3-9(12)4-6-10/h9,12H,1,3-7,11H2,2H3. The van der Waals surface area contributed by atoms with E-state index in [0.717, 1.165) is 25.7 Å². The van der Waals surface area contributed by atoms with Crippen molar-refractivity contribution < 1.29 is 5.11 Å². The van der Waals surface area contributed by atoms with Gasteiger partial charge in [0.05, 0.1) is 6.10 Å². The third kappa shape index (κ3) is 1.70. The lowest BCUT2D eigenvalue weighted by atomic mass is 9.69. The van der Waals surface area contributed by atoms with Crippen LogP contribution in [0, 0.1) is 5.41 Å². The monoisotopic (exact) mass is 169 g/mol. The summed E-state index contributed by atoms with van der Waals surface area (Å²) >= 11 is 0. The number of aliphatic hydroxyl groups is 1. The Bertz CT molecular complexity index is 169. The van der Waals surface area contributed by atoms with Crippen LogP contribution in [0.2, 0.25) is 0 Å². The summed E-state index contributed by atoms with van der Waals surface area (Å²) < 4.78 is 0. The maximum Gasteiger partial charge on any atom is 0.0541 e. The zero-order valence-corrected chi connectivity index (χ0v) is 7.84. The van der Waals surface area contributed by atoms with Crippen LogP contribution in [-0.2, 0) is 0 Å². The third-order valence-corrected chi connectivity index (χ3v) is 3.21. The highest BCUT2D eigenvalue weighted by Gasteiger charge is 2.33. The van der Waals surface area contributed by atoms with E-state index in [1.165, 1.54) is 5.57 Å². The summed E-state index contributed by atoms with van der Waals surface area (Å²) in [5, 5.41) is 9.35. The quantitative estimate of drug-likeness (QED) is 0.614. The Hall–Kier alpha value is -0.340. The van der Waals surface area contributed by atoms with Crippen LogP contribution in [0.3, 0.4) is 0 Å². The molecule has 1 fully saturated rings. The summed E-state index contributed by atoms with van der Waals surface area (Å²) in [4.78, 5) is 0. The highest BCUT2D eigenvalue weighted by molar-refractivity contribution is 5.10. The Morgan fingerprint density at radius 1 is 1.58 bits per heavy atom. The predicted molar refractivity (Wildman–Crippen MR) is 50.8 cm³/mol. The van der Waals surface area contributed by atoms with Gasteiger partial charge >= 0.3 is 0 Å². The minimum absolute atomic E-state index is 0.107. The van der Waals surface area contributed by atoms with Gasteiger partial charge in [0.1, 0.15) is 0 Å². The van der Waals surface area contributed by atoms with Gasteiger partial charge in [-0.3, -0.25) is 0 Å². The molecule has 0 saturated heterocycles. The normalized spacial score (nSPS) is 36.4. The summed E-state index contributed by atoms with van der Waals surface area (Å²) in [5.74, 6) is 0. The number of hydrogen-bond acceptors (Lipinski definition) is 2. The molecule has 0 bridgehead atoms. The summed E-state index contributed by atoms with van der Waals surface area (Å²) in [6.45, 7) is 6.71. The van der Waals surface area contributed by atoms with E-state index in [1.807, 2.05) is 6.92 Å². The summed E-state index contributed by atoms with van der Waals surface area (Å²) in [7, 11) is 0. The number of hydrogen-bond donors (Lipinski definition) is 2. The van der Waals surface area contributed by atoms with E-state index in [4.69, 9.17) is 5.73 Å². The second-order valence-corrected chi connectivity index (χ2v) is 4.00. The molecule has 1 rings (SSSR count). The first-order chi connectivity index (χ1) is 5.60. The van der Waals surface area contributed by atoms with E-state index in [9.17, 15) is 5.11 Å². The lowest BCUT2D eigenvalue weighted by Gasteiger charge is -2.38. The number of nitrogens with two attached hydrogens (primary N) is 1. The van der Waals surface area contributed by atoms with Crippen LogP contribution in [0.4, 0.5) is 0 Å². The minimum Gasteiger partial charge on any atom is -0.393 e. The molecule has 0 aromatic carbocycles. The van der Waals surface area contributed by atoms with Crippen molar-refractivity contribution in [1.82, 2.24) is 0 Å². The molecule has 3 N–H and O–H groups in total. The molecule has 0 spiro atoms. The molecule has 0 heterocycles. The molecule has 0 amide bonds. The van der Waals surface area contributed by atoms with E-state index in [1.54, 1.807) is 0 Å². The van der Waals surface area contributed by atoms with E-state index in [0.29, 0.717) is 6.54 Å². The van der Waals surface area contributed by atoms with Crippen molar-refractivity contribution in [2.75, 3.05) is 6.54 Å². The molecule has 2 heteroatoms. The molecule has 1 aliphatic rings. The average molecular weight is 169 g/mol. The summed E-state index contributed by atoms with van der Waals surface area (Å²) in [6, 6.07) is 0. The van der Waals surface area contributed by atoms with Gasteiger partial charge in [0.2, 0.25) is 0 Å². The zero-order valence-electron chi connectivity index (χ0n) is 7.84. The number of rotatable bonds is 2. The van der Waals surface area contributed by atoms with E-state index >= 15 is 0 Å². The molecule has 1 saturated carbocycles. The lowest BCUT2D eigenvalue weighted by Crippen LogP contribution is -2.36. The van der Waals surface area contributed by atoms with Crippen LogP contribution in [-0.4, -0.2) is 17.8 Å². The van der Waals surface area contributed by atoms with Crippen molar-refractivity contribution in [2.45, 2.75) is 38.7 Å². The number of aliphatic hydroxyl groups excluding tert-OH is 1. The minimum atomic E-state index is -0.107. The fourth-order valence-corrected chi connectivity index (χ4v) is 1.96. The molecular weight excluding hydrogens is 150 g/mol. The molecule has 0 aromatic rings. The van der Waals surface area contributed by atoms with Crippen molar-refractivity contribution in [3.05, 3.63) is 12.2 Å². The molecule has 0 aliphatic heterocycles. The highest BCUT2D eigenvalue weighted by atomic mass is 16.3. The van der Waals surface area contributed by atoms with Crippen molar-refractivity contribution in [1.29, 1.82) is 0 Å². The van der Waals surface area contributed by atoms with Crippen molar-refractivity contribution in [2.24, 2.45) is 11.1 Å². The first kappa shape index (κ1) is 9.75. The maximum atomic E-state index is 9.35. The molecular formula is C10H19NO. The Labute approximate surface area is 74.5 Å². The molecule has 2 nitrogen and oxygen atoms in total. The summed E-state index contributed by atoms with van der Waals surface area (Å²) in [5.41, 5.74) is 7.04. The van der Waals surface area contributed by atoms with Crippen LogP contribution in [0.5, 0.6) is 0 Å². The molecule has 0 radical (unpaired) electrons. The van der Waals surface area contributed by atoms with Crippen LogP contribution >= 0.6 is 0 Å². The van der Waals surface area contributed by atoms with Crippen molar-refractivity contribution in [3.8, 4) is 0 Å². The van der Waals surface area contributed by atoms with Gasteiger partial charge in [-0.25, -0.2) is 0 Å². The van der Waals surface area contributed by atoms with Gasteiger partial charge in [0, 0.05) is 12.0 Å². The fraction of sp³-hybridized carbons (Fsp3) is 0.800. The van der Waals surface area contributed by atoms with Gasteiger partial charge in [-0.15, -0.1) is 0 Å². The largest absolute Gasteiger partial charge is 0.393 e. The Kier molecular flexibility index (Phi) is 2.91. The van der Waals surface area contributed by atoms with Gasteiger partial charge in [-0.2, -0.15) is 0 Å². The lowest BCUT2D eigenvalue weighted by molar-refractivity contribution is 0.0830. The smallest absolute Gasteiger partial charge is 0.0541 e.